The van der Waals surface area contributed by atoms with Gasteiger partial charge < -0.3 is 4.74 Å². The van der Waals surface area contributed by atoms with Crippen LogP contribution in [0.5, 0.6) is 0 Å². The molecule has 0 bridgehead atoms. The van der Waals surface area contributed by atoms with Crippen LogP contribution in [-0.2, 0) is 11.3 Å². The normalized spacial score (nSPS) is 13.0. The summed E-state index contributed by atoms with van der Waals surface area (Å²) < 4.78 is 18.4. The standard InChI is InChI=1S/C20H13FN2O4S/c1-11-22-14(10-28-11)9-27-20(26)12-2-7-16-17(8-12)19(25)23(18(16)24)15-5-3-13(21)4-6-15/h2-8,10H,9H2,1H3. The SMILES string of the molecule is Cc1nc(COC(=O)c2ccc3c(c2)C(=O)N(c2ccc(F)cc2)C3=O)cs1. The van der Waals surface area contributed by atoms with Crippen LogP contribution in [0.15, 0.2) is 47.8 Å². The molecule has 0 aliphatic carbocycles. The summed E-state index contributed by atoms with van der Waals surface area (Å²) in [6.45, 7) is 1.88. The molecule has 2 amide bonds. The average molecular weight is 396 g/mol. The van der Waals surface area contributed by atoms with Crippen molar-refractivity contribution in [2.45, 2.75) is 13.5 Å². The van der Waals surface area contributed by atoms with Crippen LogP contribution in [0, 0.1) is 12.7 Å². The van der Waals surface area contributed by atoms with Gasteiger partial charge in [-0.25, -0.2) is 19.1 Å². The van der Waals surface area contributed by atoms with Crippen molar-refractivity contribution in [2.75, 3.05) is 4.90 Å². The Morgan fingerprint density at radius 2 is 1.82 bits per heavy atom. The third-order valence-electron chi connectivity index (χ3n) is 4.22. The minimum Gasteiger partial charge on any atom is -0.456 e. The molecule has 0 fully saturated rings. The summed E-state index contributed by atoms with van der Waals surface area (Å²) in [4.78, 5) is 42.7. The Hall–Kier alpha value is -3.39. The van der Waals surface area contributed by atoms with E-state index in [1.807, 2.05) is 6.92 Å². The van der Waals surface area contributed by atoms with E-state index in [1.165, 1.54) is 53.8 Å². The molecule has 6 nitrogen and oxygen atoms in total. The summed E-state index contributed by atoms with van der Waals surface area (Å²) in [6, 6.07) is 9.23. The van der Waals surface area contributed by atoms with E-state index >= 15 is 0 Å². The second-order valence-electron chi connectivity index (χ2n) is 6.12. The molecule has 0 saturated heterocycles. The number of anilines is 1. The lowest BCUT2D eigenvalue weighted by atomic mass is 10.1. The smallest absolute Gasteiger partial charge is 0.338 e. The van der Waals surface area contributed by atoms with E-state index in [0.717, 1.165) is 9.91 Å². The molecule has 0 radical (unpaired) electrons. The molecule has 0 spiro atoms. The quantitative estimate of drug-likeness (QED) is 0.496. The molecule has 1 aliphatic heterocycles. The molecule has 0 unspecified atom stereocenters. The van der Waals surface area contributed by atoms with E-state index in [4.69, 9.17) is 4.74 Å². The number of nitrogens with zero attached hydrogens (tertiary/aromatic N) is 2. The number of ether oxygens (including phenoxy) is 1. The molecule has 28 heavy (non-hydrogen) atoms. The van der Waals surface area contributed by atoms with Crippen LogP contribution < -0.4 is 4.90 Å². The van der Waals surface area contributed by atoms with Gasteiger partial charge in [0.1, 0.15) is 12.4 Å². The Kier molecular flexibility index (Phi) is 4.48. The van der Waals surface area contributed by atoms with E-state index < -0.39 is 23.6 Å². The van der Waals surface area contributed by atoms with Crippen LogP contribution in [0.4, 0.5) is 10.1 Å². The maximum atomic E-state index is 13.1. The number of esters is 1. The van der Waals surface area contributed by atoms with Gasteiger partial charge in [0.25, 0.3) is 11.8 Å². The van der Waals surface area contributed by atoms with Crippen molar-refractivity contribution >= 4 is 34.8 Å². The number of imide groups is 1. The number of amides is 2. The van der Waals surface area contributed by atoms with Crippen molar-refractivity contribution < 1.29 is 23.5 Å². The molecule has 8 heteroatoms. The maximum absolute atomic E-state index is 13.1. The minimum absolute atomic E-state index is 0.0227. The number of halogens is 1. The molecule has 0 N–H and O–H groups in total. The topological polar surface area (TPSA) is 76.6 Å². The van der Waals surface area contributed by atoms with Crippen molar-refractivity contribution in [2.24, 2.45) is 0 Å². The van der Waals surface area contributed by atoms with Gasteiger partial charge in [0.05, 0.1) is 33.1 Å². The maximum Gasteiger partial charge on any atom is 0.338 e. The fourth-order valence-corrected chi connectivity index (χ4v) is 3.49. The molecule has 3 aromatic rings. The fraction of sp³-hybridized carbons (Fsp3) is 0.100. The summed E-state index contributed by atoms with van der Waals surface area (Å²) in [5, 5.41) is 2.67. The number of thiazole rings is 1. The third-order valence-corrected chi connectivity index (χ3v) is 5.05. The molecule has 2 heterocycles. The summed E-state index contributed by atoms with van der Waals surface area (Å²) in [6.07, 6.45) is 0. The highest BCUT2D eigenvalue weighted by Gasteiger charge is 2.37. The Labute approximate surface area is 163 Å². The predicted molar refractivity (Wildman–Crippen MR) is 100.0 cm³/mol. The Balaban J connectivity index is 1.56. The number of aromatic nitrogens is 1. The first-order valence-corrected chi connectivity index (χ1v) is 9.18. The van der Waals surface area contributed by atoms with Gasteiger partial charge in [-0.3, -0.25) is 9.59 Å². The number of hydrogen-bond acceptors (Lipinski definition) is 6. The number of hydrogen-bond donors (Lipinski definition) is 0. The summed E-state index contributed by atoms with van der Waals surface area (Å²) >= 11 is 1.45. The first kappa shape index (κ1) is 18.0. The second-order valence-corrected chi connectivity index (χ2v) is 7.18. The van der Waals surface area contributed by atoms with Crippen LogP contribution >= 0.6 is 11.3 Å². The van der Waals surface area contributed by atoms with Gasteiger partial charge in [-0.15, -0.1) is 11.3 Å². The molecule has 1 aliphatic rings. The van der Waals surface area contributed by atoms with Crippen LogP contribution in [-0.4, -0.2) is 22.8 Å². The van der Waals surface area contributed by atoms with Gasteiger partial charge >= 0.3 is 5.97 Å². The summed E-state index contributed by atoms with van der Waals surface area (Å²) in [5.41, 5.74) is 1.35. The lowest BCUT2D eigenvalue weighted by molar-refractivity contribution is 0.0468. The van der Waals surface area contributed by atoms with Crippen molar-refractivity contribution in [3.63, 3.8) is 0 Å². The van der Waals surface area contributed by atoms with Gasteiger partial charge in [-0.05, 0) is 49.4 Å². The van der Waals surface area contributed by atoms with Crippen molar-refractivity contribution in [1.82, 2.24) is 4.98 Å². The fourth-order valence-electron chi connectivity index (χ4n) is 2.89. The van der Waals surface area contributed by atoms with Crippen LogP contribution in [0.2, 0.25) is 0 Å². The lowest BCUT2D eigenvalue weighted by Gasteiger charge is -2.13. The first-order chi connectivity index (χ1) is 13.4. The molecule has 2 aromatic carbocycles. The Morgan fingerprint density at radius 1 is 1.11 bits per heavy atom. The van der Waals surface area contributed by atoms with E-state index in [0.29, 0.717) is 5.69 Å². The molecule has 0 saturated carbocycles. The average Bonchev–Trinajstić information content (AvgIpc) is 3.22. The summed E-state index contributed by atoms with van der Waals surface area (Å²) in [7, 11) is 0. The number of rotatable bonds is 4. The number of fused-ring (bicyclic) bond motifs is 1. The van der Waals surface area contributed by atoms with Gasteiger partial charge in [0.15, 0.2) is 0 Å². The highest BCUT2D eigenvalue weighted by molar-refractivity contribution is 7.09. The molecule has 140 valence electrons. The molecule has 4 rings (SSSR count). The van der Waals surface area contributed by atoms with E-state index in [9.17, 15) is 18.8 Å². The Bertz CT molecular complexity index is 1110. The molecule has 0 atom stereocenters. The van der Waals surface area contributed by atoms with E-state index in [2.05, 4.69) is 4.98 Å². The van der Waals surface area contributed by atoms with Gasteiger partial charge in [-0.2, -0.15) is 0 Å². The summed E-state index contributed by atoms with van der Waals surface area (Å²) in [5.74, 6) is -2.18. The minimum atomic E-state index is -0.617. The second kappa shape index (κ2) is 6.97. The van der Waals surface area contributed by atoms with Gasteiger partial charge in [-0.1, -0.05) is 0 Å². The molecular weight excluding hydrogens is 383 g/mol. The van der Waals surface area contributed by atoms with Crippen LogP contribution in [0.3, 0.4) is 0 Å². The highest BCUT2D eigenvalue weighted by atomic mass is 32.1. The zero-order valence-corrected chi connectivity index (χ0v) is 15.5. The predicted octanol–water partition coefficient (Wildman–Crippen LogP) is 3.75. The van der Waals surface area contributed by atoms with E-state index in [-0.39, 0.29) is 29.0 Å². The lowest BCUT2D eigenvalue weighted by Crippen LogP contribution is -2.29. The zero-order valence-electron chi connectivity index (χ0n) is 14.6. The van der Waals surface area contributed by atoms with Crippen LogP contribution in [0.25, 0.3) is 0 Å². The Morgan fingerprint density at radius 3 is 2.50 bits per heavy atom. The monoisotopic (exact) mass is 396 g/mol. The molecule has 1 aromatic heterocycles. The van der Waals surface area contributed by atoms with Crippen LogP contribution in [0.1, 0.15) is 41.8 Å². The number of carbonyl (C=O) groups is 3. The first-order valence-electron chi connectivity index (χ1n) is 8.30. The number of carbonyl (C=O) groups excluding carboxylic acids is 3. The number of benzene rings is 2. The van der Waals surface area contributed by atoms with E-state index in [1.54, 1.807) is 5.38 Å². The van der Waals surface area contributed by atoms with Gasteiger partial charge in [0.2, 0.25) is 0 Å². The largest absolute Gasteiger partial charge is 0.456 e. The molecular formula is C20H13FN2O4S. The third kappa shape index (κ3) is 3.18. The van der Waals surface area contributed by atoms with Crippen molar-refractivity contribution in [1.29, 1.82) is 0 Å². The number of aryl methyl sites for hydroxylation is 1. The van der Waals surface area contributed by atoms with Crippen molar-refractivity contribution in [3.05, 3.63) is 81.1 Å². The highest BCUT2D eigenvalue weighted by Crippen LogP contribution is 2.29. The zero-order chi connectivity index (χ0) is 19.8. The van der Waals surface area contributed by atoms with Gasteiger partial charge in [0, 0.05) is 5.38 Å². The van der Waals surface area contributed by atoms with Crippen molar-refractivity contribution in [3.8, 4) is 0 Å².